The molecular formula is ArHeKrNeRnXe. The second-order valence-electron chi connectivity index (χ2n) is 0. The van der Waals surface area contributed by atoms with E-state index in [-0.39, 0.29) is 216 Å². The van der Waals surface area contributed by atoms with Crippen LogP contribution in [0.3, 0.4) is 0 Å². The van der Waals surface area contributed by atoms with Gasteiger partial charge in [-0.2, -0.15) is 0 Å². The van der Waals surface area contributed by atoms with Crippen molar-refractivity contribution in [1.29, 1.82) is 0 Å². The van der Waals surface area contributed by atoms with Crippen LogP contribution in [0.25, 0.3) is 0 Å². The fourth-order valence-electron chi connectivity index (χ4n) is 0. The summed E-state index contributed by atoms with van der Waals surface area (Å²) in [6.07, 6.45) is 0. The van der Waals surface area contributed by atoms with Crippen molar-refractivity contribution in [3.05, 3.63) is 0 Å². The smallest absolute Gasteiger partial charge is 0 e. The van der Waals surface area contributed by atoms with E-state index in [0.717, 1.165) is 0 Å². The molecule has 6 heavy (non-hydrogen) atoms. The van der Waals surface area contributed by atoms with E-state index in [1.807, 2.05) is 0 Å². The van der Waals surface area contributed by atoms with E-state index in [4.69, 9.17) is 0 Å². The predicted octanol–water partition coefficient (Wildman–Crippen LogP) is 0. The molecule has 0 fully saturated rings. The molecule has 0 radical (unpaired) electrons. The van der Waals surface area contributed by atoms with Crippen molar-refractivity contribution in [2.45, 2.75) is 0 Å². The minimum Gasteiger partial charge on any atom is 0 e. The minimum atomic E-state index is 0. The second-order valence-corrected chi connectivity index (χ2v) is 0. The number of hydrogen-bond acceptors (Lipinski definition) is 0. The van der Waals surface area contributed by atoms with Gasteiger partial charge in [-0.15, -0.1) is 0 Å². The van der Waals surface area contributed by atoms with E-state index < -0.39 is 0 Å². The van der Waals surface area contributed by atoms with Gasteiger partial charge in [0.1, 0.15) is 0 Å². The van der Waals surface area contributed by atoms with E-state index >= 15 is 0 Å². The molecule has 0 amide bonds. The fraction of sp³-hybridized carbons (Fsp3) is 0. The standard InChI is InChI=1S/Ar.He.Kr.Ne.Rn.Xe. The van der Waals surface area contributed by atoms with Gasteiger partial charge in [-0.3, -0.25) is 0 Å². The summed E-state index contributed by atoms with van der Waals surface area (Å²) in [6, 6.07) is 0. The maximum absolute atomic E-state index is 0. The van der Waals surface area contributed by atoms with E-state index in [2.05, 4.69) is 0 Å². The topological polar surface area (TPSA) is 0 Å². The molecule has 42 valence electrons. The van der Waals surface area contributed by atoms with Gasteiger partial charge in [-0.25, -0.2) is 0 Å². The largest absolute Gasteiger partial charge is 0 e. The molecule has 0 unspecified atom stereocenters. The van der Waals surface area contributed by atoms with Crippen molar-refractivity contribution >= 4 is 0 Å². The van der Waals surface area contributed by atoms with Crippen molar-refractivity contribution < 1.29 is 216 Å². The van der Waals surface area contributed by atoms with Gasteiger partial charge in [0.15, 0.2) is 0 Å². The summed E-state index contributed by atoms with van der Waals surface area (Å²) in [7, 11) is 0. The monoisotopic (exact) mass is 502 g/mol. The van der Waals surface area contributed by atoms with Crippen LogP contribution in [0.15, 0.2) is 0 Å². The molecule has 0 N–H and O–H groups in total. The zero-order valence-corrected chi connectivity index (χ0v) is 9.43. The molecule has 0 nitrogen and oxygen atoms in total. The summed E-state index contributed by atoms with van der Waals surface area (Å²) in [5, 5.41) is 0. The average molecular weight is 501 g/mol. The summed E-state index contributed by atoms with van der Waals surface area (Å²) < 4.78 is 0. The zero-order valence-electron chi connectivity index (χ0n) is 2.47. The van der Waals surface area contributed by atoms with Crippen LogP contribution in [0.4, 0.5) is 0 Å². The number of rotatable bonds is 0. The van der Waals surface area contributed by atoms with Gasteiger partial charge in [-0.1, -0.05) is 0 Å². The molecular weight excluding hydrogens is 501 g/mol. The first-order valence-corrected chi connectivity index (χ1v) is 0. The zero-order chi connectivity index (χ0) is 0. The summed E-state index contributed by atoms with van der Waals surface area (Å²) in [4.78, 5) is 0. The molecule has 0 spiro atoms. The average Bonchev–Trinajstić information content (AvgIpc) is 0. The van der Waals surface area contributed by atoms with Crippen molar-refractivity contribution in [3.8, 4) is 0 Å². The van der Waals surface area contributed by atoms with Crippen LogP contribution < -0.4 is 0 Å². The molecule has 0 bridgehead atoms. The van der Waals surface area contributed by atoms with Crippen LogP contribution in [-0.2, 0) is 0 Å². The quantitative estimate of drug-likeness (QED) is 0.439. The Morgan fingerprint density at radius 2 is 1.00 bits per heavy atom. The van der Waals surface area contributed by atoms with Crippen LogP contribution >= 0.6 is 0 Å². The van der Waals surface area contributed by atoms with Gasteiger partial charge >= 0.3 is 0 Å². The summed E-state index contributed by atoms with van der Waals surface area (Å²) in [6.45, 7) is 0. The Hall–Kier alpha value is 6.25. The molecule has 0 aromatic carbocycles. The Labute approximate surface area is 208 Å². The minimum absolute atomic E-state index is 0. The van der Waals surface area contributed by atoms with Gasteiger partial charge in [0.05, 0.1) is 0 Å². The third kappa shape index (κ3) is 22.5. The summed E-state index contributed by atoms with van der Waals surface area (Å²) in [5.74, 6) is 0. The van der Waals surface area contributed by atoms with Gasteiger partial charge in [0, 0.05) is 216 Å². The molecule has 0 aromatic rings. The van der Waals surface area contributed by atoms with E-state index in [1.54, 1.807) is 0 Å². The molecule has 0 saturated heterocycles. The first kappa shape index (κ1) is 39.7. The molecule has 0 saturated carbocycles. The van der Waals surface area contributed by atoms with Gasteiger partial charge in [-0.05, 0) is 0 Å². The van der Waals surface area contributed by atoms with E-state index in [1.165, 1.54) is 0 Å². The van der Waals surface area contributed by atoms with Crippen molar-refractivity contribution in [2.75, 3.05) is 0 Å². The molecule has 0 aliphatic rings. The molecule has 0 aliphatic carbocycles. The number of hydrogen-bond donors (Lipinski definition) is 0. The van der Waals surface area contributed by atoms with Crippen LogP contribution in [0, 0.1) is 216 Å². The maximum Gasteiger partial charge on any atom is 0 e. The molecule has 0 aliphatic heterocycles. The Balaban J connectivity index is 0. The van der Waals surface area contributed by atoms with Gasteiger partial charge in [0.2, 0.25) is 0 Å². The van der Waals surface area contributed by atoms with Crippen LogP contribution in [0.1, 0.15) is 0 Å². The van der Waals surface area contributed by atoms with Crippen molar-refractivity contribution in [3.63, 3.8) is 0 Å². The predicted molar refractivity (Wildman–Crippen MR) is 0 cm³/mol. The third-order valence-electron chi connectivity index (χ3n) is 0. The SMILES string of the molecule is [Ar].[He].[Kr].[Ne].[Rn].[Xe]. The molecule has 0 aromatic heterocycles. The first-order valence-electron chi connectivity index (χ1n) is 0. The van der Waals surface area contributed by atoms with Crippen molar-refractivity contribution in [1.82, 2.24) is 0 Å². The first-order chi connectivity index (χ1) is 0. The fourth-order valence-corrected chi connectivity index (χ4v) is 0. The second kappa shape index (κ2) is 30.3. The van der Waals surface area contributed by atoms with Crippen LogP contribution in [0.5, 0.6) is 0 Å². The third-order valence-corrected chi connectivity index (χ3v) is 0. The molecule has 6 heteroatoms. The van der Waals surface area contributed by atoms with Crippen LogP contribution in [-0.4, -0.2) is 0 Å². The summed E-state index contributed by atoms with van der Waals surface area (Å²) in [5.41, 5.74) is 0. The Morgan fingerprint density at radius 3 is 1.00 bits per heavy atom. The van der Waals surface area contributed by atoms with Crippen LogP contribution in [0.2, 0.25) is 0 Å². The van der Waals surface area contributed by atoms with E-state index in [9.17, 15) is 0 Å². The maximum atomic E-state index is 0. The van der Waals surface area contributed by atoms with Gasteiger partial charge in [0.25, 0.3) is 0 Å². The summed E-state index contributed by atoms with van der Waals surface area (Å²) >= 11 is 0. The van der Waals surface area contributed by atoms with Crippen molar-refractivity contribution in [2.24, 2.45) is 0 Å². The molecule has 0 heterocycles. The normalized spacial score (nSPS) is 0. The Kier molecular flexibility index (Phi) is 200. The molecule has 0 atom stereocenters. The van der Waals surface area contributed by atoms with Gasteiger partial charge < -0.3 is 0 Å². The van der Waals surface area contributed by atoms with E-state index in [0.29, 0.717) is 0 Å². The molecule has 0 rings (SSSR count). The Morgan fingerprint density at radius 1 is 1.00 bits per heavy atom. The Bertz CT molecular complexity index is 15.5.